The molecule has 0 aliphatic rings. The highest BCUT2D eigenvalue weighted by atomic mass is 19.1. The van der Waals surface area contributed by atoms with Gasteiger partial charge in [0, 0.05) is 10.9 Å². The summed E-state index contributed by atoms with van der Waals surface area (Å²) in [7, 11) is 0. The van der Waals surface area contributed by atoms with Crippen LogP contribution in [0.1, 0.15) is 26.3 Å². The van der Waals surface area contributed by atoms with Gasteiger partial charge in [0.1, 0.15) is 12.1 Å². The van der Waals surface area contributed by atoms with Gasteiger partial charge in [-0.15, -0.1) is 0 Å². The zero-order valence-corrected chi connectivity index (χ0v) is 12.0. The van der Waals surface area contributed by atoms with Crippen LogP contribution < -0.4 is 0 Å². The number of aromatic amines is 1. The fourth-order valence-corrected chi connectivity index (χ4v) is 2.43. The van der Waals surface area contributed by atoms with Gasteiger partial charge in [-0.05, 0) is 51.5 Å². The van der Waals surface area contributed by atoms with Gasteiger partial charge in [0.15, 0.2) is 5.82 Å². The minimum absolute atomic E-state index is 0.166. The molecule has 20 heavy (non-hydrogen) atoms. The number of rotatable bonds is 1. The van der Waals surface area contributed by atoms with E-state index in [9.17, 15) is 4.39 Å². The standard InChI is InChI=1S/C15H17FN4/c1-9-11-7-10(16)5-6-12(11)19-13(9)14-17-8-18-20(14)15(2,3)4/h5-8,19H,1-4H3. The number of H-pyrrole nitrogens is 1. The van der Waals surface area contributed by atoms with Crippen LogP contribution in [-0.4, -0.2) is 19.7 Å². The first-order valence-electron chi connectivity index (χ1n) is 6.56. The summed E-state index contributed by atoms with van der Waals surface area (Å²) in [5.74, 6) is 0.537. The quantitative estimate of drug-likeness (QED) is 0.735. The molecule has 0 spiro atoms. The first-order chi connectivity index (χ1) is 9.38. The number of benzene rings is 1. The van der Waals surface area contributed by atoms with Crippen molar-refractivity contribution in [3.05, 3.63) is 35.9 Å². The molecule has 3 rings (SSSR count). The van der Waals surface area contributed by atoms with Crippen LogP contribution in [0.5, 0.6) is 0 Å². The number of nitrogens with zero attached hydrogens (tertiary/aromatic N) is 3. The largest absolute Gasteiger partial charge is 0.352 e. The predicted octanol–water partition coefficient (Wildman–Crippen LogP) is 3.63. The van der Waals surface area contributed by atoms with Crippen molar-refractivity contribution in [2.75, 3.05) is 0 Å². The second-order valence-corrected chi connectivity index (χ2v) is 5.98. The molecule has 0 unspecified atom stereocenters. The number of halogens is 1. The molecular formula is C15H17FN4. The van der Waals surface area contributed by atoms with Gasteiger partial charge in [0.2, 0.25) is 0 Å². The van der Waals surface area contributed by atoms with Gasteiger partial charge >= 0.3 is 0 Å². The maximum atomic E-state index is 13.4. The highest BCUT2D eigenvalue weighted by Gasteiger charge is 2.22. The van der Waals surface area contributed by atoms with Crippen LogP contribution in [0.4, 0.5) is 4.39 Å². The van der Waals surface area contributed by atoms with Gasteiger partial charge < -0.3 is 4.98 Å². The Morgan fingerprint density at radius 2 is 2.00 bits per heavy atom. The fourth-order valence-electron chi connectivity index (χ4n) is 2.43. The summed E-state index contributed by atoms with van der Waals surface area (Å²) in [6, 6.07) is 4.75. The minimum atomic E-state index is -0.233. The van der Waals surface area contributed by atoms with E-state index in [1.807, 2.05) is 11.6 Å². The molecule has 0 radical (unpaired) electrons. The molecule has 5 heteroatoms. The predicted molar refractivity (Wildman–Crippen MR) is 77.0 cm³/mol. The van der Waals surface area contributed by atoms with Gasteiger partial charge in [-0.25, -0.2) is 14.1 Å². The van der Waals surface area contributed by atoms with Crippen LogP contribution in [0.25, 0.3) is 22.4 Å². The maximum absolute atomic E-state index is 13.4. The lowest BCUT2D eigenvalue weighted by atomic mass is 10.1. The highest BCUT2D eigenvalue weighted by molar-refractivity contribution is 5.89. The molecule has 0 atom stereocenters. The van der Waals surface area contributed by atoms with Crippen LogP contribution in [0, 0.1) is 12.7 Å². The molecular weight excluding hydrogens is 255 g/mol. The van der Waals surface area contributed by atoms with Crippen molar-refractivity contribution in [2.45, 2.75) is 33.2 Å². The summed E-state index contributed by atoms with van der Waals surface area (Å²) in [5.41, 5.74) is 2.61. The van der Waals surface area contributed by atoms with Crippen molar-refractivity contribution in [1.29, 1.82) is 0 Å². The van der Waals surface area contributed by atoms with Crippen molar-refractivity contribution < 1.29 is 4.39 Å². The maximum Gasteiger partial charge on any atom is 0.175 e. The number of hydrogen-bond acceptors (Lipinski definition) is 2. The first kappa shape index (κ1) is 12.8. The van der Waals surface area contributed by atoms with Crippen LogP contribution in [0.3, 0.4) is 0 Å². The Balaban J connectivity index is 2.26. The Labute approximate surface area is 116 Å². The normalized spacial score (nSPS) is 12.2. The lowest BCUT2D eigenvalue weighted by Gasteiger charge is -2.21. The highest BCUT2D eigenvalue weighted by Crippen LogP contribution is 2.30. The summed E-state index contributed by atoms with van der Waals surface area (Å²) in [4.78, 5) is 7.67. The Morgan fingerprint density at radius 1 is 1.25 bits per heavy atom. The van der Waals surface area contributed by atoms with E-state index in [0.717, 1.165) is 28.0 Å². The molecule has 0 amide bonds. The number of nitrogens with one attached hydrogen (secondary N) is 1. The van der Waals surface area contributed by atoms with Crippen LogP contribution in [-0.2, 0) is 5.54 Å². The van der Waals surface area contributed by atoms with Crippen molar-refractivity contribution in [3.8, 4) is 11.5 Å². The third-order valence-corrected chi connectivity index (χ3v) is 3.43. The molecule has 1 N–H and O–H groups in total. The SMILES string of the molecule is Cc1c(-c2ncnn2C(C)(C)C)[nH]c2ccc(F)cc12. The summed E-state index contributed by atoms with van der Waals surface area (Å²) in [6.45, 7) is 8.18. The topological polar surface area (TPSA) is 46.5 Å². The monoisotopic (exact) mass is 272 g/mol. The van der Waals surface area contributed by atoms with Crippen LogP contribution >= 0.6 is 0 Å². The van der Waals surface area contributed by atoms with E-state index in [0.29, 0.717) is 0 Å². The first-order valence-corrected chi connectivity index (χ1v) is 6.56. The van der Waals surface area contributed by atoms with Gasteiger partial charge in [-0.3, -0.25) is 0 Å². The van der Waals surface area contributed by atoms with Gasteiger partial charge in [-0.2, -0.15) is 5.10 Å². The van der Waals surface area contributed by atoms with Crippen molar-refractivity contribution >= 4 is 10.9 Å². The molecule has 0 bridgehead atoms. The Bertz CT molecular complexity index is 777. The average Bonchev–Trinajstić information content (AvgIpc) is 2.94. The Hall–Kier alpha value is -2.17. The van der Waals surface area contributed by atoms with E-state index in [-0.39, 0.29) is 11.4 Å². The van der Waals surface area contributed by atoms with E-state index in [2.05, 4.69) is 35.8 Å². The van der Waals surface area contributed by atoms with Gasteiger partial charge in [0.25, 0.3) is 0 Å². The Kier molecular flexibility index (Phi) is 2.67. The fraction of sp³-hybridized carbons (Fsp3) is 0.333. The molecule has 2 aromatic heterocycles. The van der Waals surface area contributed by atoms with E-state index in [1.165, 1.54) is 6.07 Å². The average molecular weight is 272 g/mol. The third-order valence-electron chi connectivity index (χ3n) is 3.43. The van der Waals surface area contributed by atoms with Crippen LogP contribution in [0.15, 0.2) is 24.5 Å². The summed E-state index contributed by atoms with van der Waals surface area (Å²) in [6.07, 6.45) is 1.55. The molecule has 4 nitrogen and oxygen atoms in total. The molecule has 0 fully saturated rings. The molecule has 2 heterocycles. The molecule has 1 aromatic carbocycles. The van der Waals surface area contributed by atoms with E-state index in [4.69, 9.17) is 0 Å². The van der Waals surface area contributed by atoms with Crippen molar-refractivity contribution in [3.63, 3.8) is 0 Å². The van der Waals surface area contributed by atoms with Crippen molar-refractivity contribution in [1.82, 2.24) is 19.7 Å². The molecule has 3 aromatic rings. The minimum Gasteiger partial charge on any atom is -0.352 e. The van der Waals surface area contributed by atoms with Crippen molar-refractivity contribution in [2.24, 2.45) is 0 Å². The number of aromatic nitrogens is 4. The van der Waals surface area contributed by atoms with E-state index >= 15 is 0 Å². The van der Waals surface area contributed by atoms with E-state index in [1.54, 1.807) is 18.5 Å². The summed E-state index contributed by atoms with van der Waals surface area (Å²) < 4.78 is 15.3. The second kappa shape index (κ2) is 4.16. The molecule has 0 saturated heterocycles. The third kappa shape index (κ3) is 1.90. The lowest BCUT2D eigenvalue weighted by molar-refractivity contribution is 0.359. The number of fused-ring (bicyclic) bond motifs is 1. The molecule has 0 aliphatic heterocycles. The summed E-state index contributed by atoms with van der Waals surface area (Å²) >= 11 is 0. The smallest absolute Gasteiger partial charge is 0.175 e. The zero-order valence-electron chi connectivity index (χ0n) is 12.0. The second-order valence-electron chi connectivity index (χ2n) is 5.98. The van der Waals surface area contributed by atoms with Gasteiger partial charge in [0.05, 0.1) is 11.2 Å². The molecule has 0 aliphatic carbocycles. The van der Waals surface area contributed by atoms with E-state index < -0.39 is 0 Å². The Morgan fingerprint density at radius 3 is 2.70 bits per heavy atom. The molecule has 0 saturated carbocycles. The number of hydrogen-bond donors (Lipinski definition) is 1. The number of aryl methyl sites for hydroxylation is 1. The van der Waals surface area contributed by atoms with Crippen LogP contribution in [0.2, 0.25) is 0 Å². The summed E-state index contributed by atoms with van der Waals surface area (Å²) in [5, 5.41) is 5.18. The molecule has 104 valence electrons. The lowest BCUT2D eigenvalue weighted by Crippen LogP contribution is -2.24. The zero-order chi connectivity index (χ0) is 14.5. The van der Waals surface area contributed by atoms with Gasteiger partial charge in [-0.1, -0.05) is 0 Å².